The van der Waals surface area contributed by atoms with Gasteiger partial charge in [-0.3, -0.25) is 0 Å². The SMILES string of the molecule is C=Cc1ccc(CSc2ccc3c#cccc3c2)cc1. The molecule has 96 valence electrons. The van der Waals surface area contributed by atoms with Crippen LogP contribution in [0.3, 0.4) is 0 Å². The molecule has 0 heterocycles. The second-order valence-electron chi connectivity index (χ2n) is 4.59. The van der Waals surface area contributed by atoms with Gasteiger partial charge in [-0.2, -0.15) is 0 Å². The van der Waals surface area contributed by atoms with Crippen LogP contribution in [0, 0.1) is 12.1 Å². The van der Waals surface area contributed by atoms with Crippen LogP contribution < -0.4 is 0 Å². The van der Waals surface area contributed by atoms with Crippen molar-refractivity contribution in [2.24, 2.45) is 0 Å². The summed E-state index contributed by atoms with van der Waals surface area (Å²) in [6.07, 6.45) is 1.87. The van der Waals surface area contributed by atoms with E-state index < -0.39 is 0 Å². The summed E-state index contributed by atoms with van der Waals surface area (Å²) >= 11 is 1.85. The highest BCUT2D eigenvalue weighted by molar-refractivity contribution is 7.98. The van der Waals surface area contributed by atoms with Crippen LogP contribution in [0.15, 0.2) is 66.1 Å². The molecule has 0 aromatic heterocycles. The Bertz CT molecular complexity index is 726. The molecule has 0 saturated carbocycles. The van der Waals surface area contributed by atoms with Crippen molar-refractivity contribution in [1.82, 2.24) is 0 Å². The molecule has 3 aromatic carbocycles. The fourth-order valence-electron chi connectivity index (χ4n) is 2.05. The minimum Gasteiger partial charge on any atom is -0.121 e. The van der Waals surface area contributed by atoms with Crippen molar-refractivity contribution in [1.29, 1.82) is 0 Å². The molecule has 0 atom stereocenters. The van der Waals surface area contributed by atoms with E-state index in [0.717, 1.165) is 16.7 Å². The molecule has 0 radical (unpaired) electrons. The molecule has 0 unspecified atom stereocenters. The highest BCUT2D eigenvalue weighted by Crippen LogP contribution is 2.26. The van der Waals surface area contributed by atoms with E-state index in [-0.39, 0.29) is 0 Å². The van der Waals surface area contributed by atoms with Crippen molar-refractivity contribution >= 4 is 28.6 Å². The van der Waals surface area contributed by atoms with E-state index in [4.69, 9.17) is 0 Å². The lowest BCUT2D eigenvalue weighted by Gasteiger charge is -2.04. The Morgan fingerprint density at radius 1 is 1.05 bits per heavy atom. The van der Waals surface area contributed by atoms with Gasteiger partial charge in [0.1, 0.15) is 0 Å². The number of thioether (sulfide) groups is 1. The van der Waals surface area contributed by atoms with Gasteiger partial charge in [0, 0.05) is 16.0 Å². The summed E-state index contributed by atoms with van der Waals surface area (Å²) < 4.78 is 0. The maximum atomic E-state index is 3.77. The van der Waals surface area contributed by atoms with Gasteiger partial charge in [0.15, 0.2) is 0 Å². The summed E-state index contributed by atoms with van der Waals surface area (Å²) in [4.78, 5) is 1.28. The summed E-state index contributed by atoms with van der Waals surface area (Å²) in [5.74, 6) is 0.978. The summed E-state index contributed by atoms with van der Waals surface area (Å²) in [6.45, 7) is 3.77. The van der Waals surface area contributed by atoms with E-state index in [1.165, 1.54) is 15.8 Å². The van der Waals surface area contributed by atoms with Gasteiger partial charge in [0.05, 0.1) is 0 Å². The van der Waals surface area contributed by atoms with Gasteiger partial charge in [-0.1, -0.05) is 49.1 Å². The molecule has 0 nitrogen and oxygen atoms in total. The van der Waals surface area contributed by atoms with E-state index in [2.05, 4.69) is 67.2 Å². The van der Waals surface area contributed by atoms with Crippen LogP contribution in [-0.4, -0.2) is 0 Å². The standard InChI is InChI=1S/C19H14S/c1-2-15-7-9-16(10-8-15)14-20-19-12-11-17-5-3-4-6-18(17)13-19/h2,4,6-13H,1,14H2. The lowest BCUT2D eigenvalue weighted by atomic mass is 10.1. The molecule has 0 amide bonds. The van der Waals surface area contributed by atoms with Crippen LogP contribution in [0.4, 0.5) is 0 Å². The first-order chi connectivity index (χ1) is 9.85. The molecule has 0 bridgehead atoms. The van der Waals surface area contributed by atoms with Crippen molar-refractivity contribution in [3.8, 4) is 0 Å². The third-order valence-electron chi connectivity index (χ3n) is 3.20. The van der Waals surface area contributed by atoms with Crippen LogP contribution in [0.25, 0.3) is 16.8 Å². The number of benzene rings is 2. The molecule has 3 aromatic rings. The van der Waals surface area contributed by atoms with Crippen LogP contribution in [0.2, 0.25) is 0 Å². The smallest absolute Gasteiger partial charge is 0.0322 e. The quantitative estimate of drug-likeness (QED) is 0.576. The molecular formula is C19H14S. The van der Waals surface area contributed by atoms with E-state index >= 15 is 0 Å². The minimum absolute atomic E-state index is 0.978. The average molecular weight is 274 g/mol. The lowest BCUT2D eigenvalue weighted by Crippen LogP contribution is -1.81. The van der Waals surface area contributed by atoms with Gasteiger partial charge < -0.3 is 0 Å². The third-order valence-corrected chi connectivity index (χ3v) is 4.26. The van der Waals surface area contributed by atoms with Gasteiger partial charge in [0.2, 0.25) is 0 Å². The zero-order chi connectivity index (χ0) is 13.8. The first kappa shape index (κ1) is 12.8. The van der Waals surface area contributed by atoms with E-state index in [9.17, 15) is 0 Å². The predicted octanol–water partition coefficient (Wildman–Crippen LogP) is 5.38. The van der Waals surface area contributed by atoms with Gasteiger partial charge in [-0.25, -0.2) is 0 Å². The van der Waals surface area contributed by atoms with Crippen molar-refractivity contribution in [3.05, 3.63) is 84.4 Å². The largest absolute Gasteiger partial charge is 0.121 e. The van der Waals surface area contributed by atoms with Gasteiger partial charge >= 0.3 is 0 Å². The highest BCUT2D eigenvalue weighted by atomic mass is 32.2. The molecule has 0 aliphatic carbocycles. The first-order valence-corrected chi connectivity index (χ1v) is 7.50. The minimum atomic E-state index is 0.978. The Hall–Kier alpha value is -2.17. The van der Waals surface area contributed by atoms with Gasteiger partial charge in [0.25, 0.3) is 0 Å². The second-order valence-corrected chi connectivity index (χ2v) is 5.63. The van der Waals surface area contributed by atoms with E-state index in [1.54, 1.807) is 0 Å². The Morgan fingerprint density at radius 3 is 2.70 bits per heavy atom. The molecule has 0 fully saturated rings. The van der Waals surface area contributed by atoms with Crippen LogP contribution >= 0.6 is 11.8 Å². The Balaban J connectivity index is 1.74. The summed E-state index contributed by atoms with van der Waals surface area (Å²) in [6, 6.07) is 25.1. The third kappa shape index (κ3) is 2.87. The molecular weight excluding hydrogens is 260 g/mol. The molecule has 0 N–H and O–H groups in total. The molecule has 0 spiro atoms. The van der Waals surface area contributed by atoms with Crippen molar-refractivity contribution < 1.29 is 0 Å². The molecule has 1 heteroatoms. The van der Waals surface area contributed by atoms with Gasteiger partial charge in [-0.15, -0.1) is 11.8 Å². The maximum absolute atomic E-state index is 3.77. The number of fused-ring (bicyclic) bond motifs is 1. The van der Waals surface area contributed by atoms with Crippen molar-refractivity contribution in [3.63, 3.8) is 0 Å². The zero-order valence-electron chi connectivity index (χ0n) is 11.1. The fourth-order valence-corrected chi connectivity index (χ4v) is 2.95. The summed E-state index contributed by atoms with van der Waals surface area (Å²) in [5, 5.41) is 2.34. The van der Waals surface area contributed by atoms with Gasteiger partial charge in [-0.05, 0) is 46.8 Å². The monoisotopic (exact) mass is 274 g/mol. The fraction of sp³-hybridized carbons (Fsp3) is 0.0526. The molecule has 0 aliphatic heterocycles. The number of rotatable bonds is 4. The molecule has 3 rings (SSSR count). The van der Waals surface area contributed by atoms with Crippen molar-refractivity contribution in [2.45, 2.75) is 10.6 Å². The second kappa shape index (κ2) is 5.86. The lowest BCUT2D eigenvalue weighted by molar-refractivity contribution is 1.39. The number of hydrogen-bond acceptors (Lipinski definition) is 1. The summed E-state index contributed by atoms with van der Waals surface area (Å²) in [5.41, 5.74) is 2.49. The van der Waals surface area contributed by atoms with Crippen LogP contribution in [-0.2, 0) is 5.75 Å². The Labute approximate surface area is 124 Å². The Kier molecular flexibility index (Phi) is 3.76. The average Bonchev–Trinajstić information content (AvgIpc) is 2.53. The number of hydrogen-bond donors (Lipinski definition) is 0. The maximum Gasteiger partial charge on any atom is 0.0322 e. The summed E-state index contributed by atoms with van der Waals surface area (Å²) in [7, 11) is 0. The van der Waals surface area contributed by atoms with Crippen molar-refractivity contribution in [2.75, 3.05) is 0 Å². The van der Waals surface area contributed by atoms with E-state index in [1.807, 2.05) is 23.9 Å². The predicted molar refractivity (Wildman–Crippen MR) is 87.7 cm³/mol. The van der Waals surface area contributed by atoms with E-state index in [0.29, 0.717) is 0 Å². The first-order valence-electron chi connectivity index (χ1n) is 6.51. The molecule has 0 saturated heterocycles. The highest BCUT2D eigenvalue weighted by Gasteiger charge is 1.98. The normalized spacial score (nSPS) is 10.2. The molecule has 0 aliphatic rings. The van der Waals surface area contributed by atoms with Crippen LogP contribution in [0.1, 0.15) is 11.1 Å². The Morgan fingerprint density at radius 2 is 1.90 bits per heavy atom. The topological polar surface area (TPSA) is 0 Å². The molecule has 20 heavy (non-hydrogen) atoms. The van der Waals surface area contributed by atoms with Crippen LogP contribution in [0.5, 0.6) is 0 Å². The zero-order valence-corrected chi connectivity index (χ0v) is 11.9.